The summed E-state index contributed by atoms with van der Waals surface area (Å²) in [4.78, 5) is 36.4. The molecule has 0 radical (unpaired) electrons. The van der Waals surface area contributed by atoms with E-state index in [2.05, 4.69) is 0 Å². The summed E-state index contributed by atoms with van der Waals surface area (Å²) in [6.07, 6.45) is 1.64. The van der Waals surface area contributed by atoms with Crippen LogP contribution >= 0.6 is 23.4 Å². The molecule has 1 fully saturated rings. The Kier molecular flexibility index (Phi) is 6.79. The molecule has 0 spiro atoms. The molecule has 0 saturated carbocycles. The molecule has 1 saturated heterocycles. The molecular weight excluding hydrogens is 428 g/mol. The molecule has 0 N–H and O–H groups in total. The van der Waals surface area contributed by atoms with Crippen molar-refractivity contribution in [2.45, 2.75) is 20.5 Å². The van der Waals surface area contributed by atoms with Crippen molar-refractivity contribution in [2.75, 3.05) is 6.54 Å². The summed E-state index contributed by atoms with van der Waals surface area (Å²) in [5.41, 5.74) is 1.45. The molecule has 2 amide bonds. The van der Waals surface area contributed by atoms with E-state index in [0.29, 0.717) is 27.8 Å². The first-order valence-corrected chi connectivity index (χ1v) is 10.3. The van der Waals surface area contributed by atoms with Crippen LogP contribution in [0.3, 0.4) is 0 Å². The maximum atomic E-state index is 12.4. The fourth-order valence-corrected chi connectivity index (χ4v) is 3.86. The number of imide groups is 1. The number of thioether (sulfide) groups is 1. The van der Waals surface area contributed by atoms with Gasteiger partial charge >= 0.3 is 0 Å². The number of hydrogen-bond acceptors (Lipinski definition) is 6. The number of carbonyl (C=O) groups excluding carboxylic acids is 2. The lowest BCUT2D eigenvalue weighted by Crippen LogP contribution is -2.31. The molecule has 0 aromatic heterocycles. The first kappa shape index (κ1) is 21.9. The lowest BCUT2D eigenvalue weighted by molar-refractivity contribution is -0.384. The minimum Gasteiger partial charge on any atom is -0.487 e. The van der Waals surface area contributed by atoms with E-state index in [1.54, 1.807) is 36.4 Å². The van der Waals surface area contributed by atoms with Crippen LogP contribution in [0.1, 0.15) is 25.0 Å². The Morgan fingerprint density at radius 1 is 1.20 bits per heavy atom. The van der Waals surface area contributed by atoms with Crippen LogP contribution in [0.4, 0.5) is 10.5 Å². The van der Waals surface area contributed by atoms with Crippen molar-refractivity contribution >= 4 is 46.3 Å². The maximum Gasteiger partial charge on any atom is 0.293 e. The Balaban J connectivity index is 1.68. The molecule has 1 aliphatic heterocycles. The second-order valence-electron chi connectivity index (χ2n) is 7.09. The average Bonchev–Trinajstić information content (AvgIpc) is 2.94. The van der Waals surface area contributed by atoms with Crippen LogP contribution in [-0.4, -0.2) is 27.5 Å². The first-order chi connectivity index (χ1) is 14.2. The Bertz CT molecular complexity index is 1020. The van der Waals surface area contributed by atoms with Crippen LogP contribution < -0.4 is 4.74 Å². The number of benzene rings is 2. The van der Waals surface area contributed by atoms with Gasteiger partial charge in [-0.3, -0.25) is 24.6 Å². The predicted octanol–water partition coefficient (Wildman–Crippen LogP) is 5.52. The van der Waals surface area contributed by atoms with Gasteiger partial charge in [-0.05, 0) is 59.1 Å². The minimum absolute atomic E-state index is 0.0129. The number of carbonyl (C=O) groups is 2. The van der Waals surface area contributed by atoms with E-state index in [-0.39, 0.29) is 29.4 Å². The molecule has 1 heterocycles. The number of nitrogens with zero attached hydrogens (tertiary/aromatic N) is 2. The number of hydrogen-bond donors (Lipinski definition) is 0. The number of amides is 2. The molecule has 1 aliphatic rings. The highest BCUT2D eigenvalue weighted by atomic mass is 35.5. The third-order valence-corrected chi connectivity index (χ3v) is 5.42. The van der Waals surface area contributed by atoms with Crippen molar-refractivity contribution in [1.82, 2.24) is 4.90 Å². The third-order valence-electron chi connectivity index (χ3n) is 4.22. The van der Waals surface area contributed by atoms with Crippen molar-refractivity contribution in [2.24, 2.45) is 5.92 Å². The first-order valence-electron chi connectivity index (χ1n) is 9.15. The van der Waals surface area contributed by atoms with Crippen LogP contribution in [0.5, 0.6) is 5.75 Å². The van der Waals surface area contributed by atoms with Crippen LogP contribution in [0.2, 0.25) is 5.02 Å². The molecule has 7 nitrogen and oxygen atoms in total. The molecule has 0 aliphatic carbocycles. The van der Waals surface area contributed by atoms with Gasteiger partial charge in [0.1, 0.15) is 12.4 Å². The van der Waals surface area contributed by atoms with Gasteiger partial charge in [-0.25, -0.2) is 0 Å². The quantitative estimate of drug-likeness (QED) is 0.316. The molecule has 30 heavy (non-hydrogen) atoms. The van der Waals surface area contributed by atoms with Crippen LogP contribution in [-0.2, 0) is 11.4 Å². The van der Waals surface area contributed by atoms with Gasteiger partial charge in [-0.1, -0.05) is 31.5 Å². The van der Waals surface area contributed by atoms with Crippen LogP contribution in [0, 0.1) is 16.0 Å². The zero-order valence-corrected chi connectivity index (χ0v) is 17.9. The summed E-state index contributed by atoms with van der Waals surface area (Å²) in [6, 6.07) is 11.1. The number of rotatable bonds is 7. The SMILES string of the molecule is CC(C)CN1C(=O)S/C(=C/c2ccc(OCc3ccc([N+](=O)[O-])cc3)c(Cl)c2)C1=O. The number of ether oxygens (including phenoxy) is 1. The van der Waals surface area contributed by atoms with Gasteiger partial charge in [-0.2, -0.15) is 0 Å². The van der Waals surface area contributed by atoms with E-state index in [0.717, 1.165) is 17.3 Å². The highest BCUT2D eigenvalue weighted by molar-refractivity contribution is 8.18. The summed E-state index contributed by atoms with van der Waals surface area (Å²) in [5.74, 6) is 0.341. The molecule has 9 heteroatoms. The molecule has 2 aromatic rings. The normalized spacial score (nSPS) is 15.3. The standard InChI is InChI=1S/C21H19ClN2O5S/c1-13(2)11-23-20(25)19(30-21(23)26)10-15-5-8-18(17(22)9-15)29-12-14-3-6-16(7-4-14)24(27)28/h3-10,13H,11-12H2,1-2H3/b19-10+. The van der Waals surface area contributed by atoms with E-state index in [1.807, 2.05) is 13.8 Å². The number of non-ortho nitro benzene ring substituents is 1. The Morgan fingerprint density at radius 2 is 1.90 bits per heavy atom. The summed E-state index contributed by atoms with van der Waals surface area (Å²) in [7, 11) is 0. The van der Waals surface area contributed by atoms with Gasteiger partial charge in [0.05, 0.1) is 14.9 Å². The number of halogens is 1. The topological polar surface area (TPSA) is 89.8 Å². The van der Waals surface area contributed by atoms with Crippen molar-refractivity contribution in [3.63, 3.8) is 0 Å². The Morgan fingerprint density at radius 3 is 2.50 bits per heavy atom. The third kappa shape index (κ3) is 5.20. The van der Waals surface area contributed by atoms with E-state index in [1.165, 1.54) is 17.0 Å². The number of nitro benzene ring substituents is 1. The Hall–Kier alpha value is -2.84. The van der Waals surface area contributed by atoms with Gasteiger partial charge in [-0.15, -0.1) is 0 Å². The molecule has 2 aromatic carbocycles. The van der Waals surface area contributed by atoms with E-state index in [4.69, 9.17) is 16.3 Å². The summed E-state index contributed by atoms with van der Waals surface area (Å²) in [6.45, 7) is 4.48. The fraction of sp³-hybridized carbons (Fsp3) is 0.238. The molecule has 0 unspecified atom stereocenters. The summed E-state index contributed by atoms with van der Waals surface area (Å²) >= 11 is 7.21. The average molecular weight is 447 g/mol. The number of nitro groups is 1. The zero-order chi connectivity index (χ0) is 21.8. The van der Waals surface area contributed by atoms with Gasteiger partial charge in [0.2, 0.25) is 0 Å². The van der Waals surface area contributed by atoms with Crippen molar-refractivity contribution in [1.29, 1.82) is 0 Å². The second kappa shape index (κ2) is 9.32. The largest absolute Gasteiger partial charge is 0.487 e. The smallest absolute Gasteiger partial charge is 0.293 e. The van der Waals surface area contributed by atoms with E-state index < -0.39 is 4.92 Å². The van der Waals surface area contributed by atoms with Crippen molar-refractivity contribution in [3.05, 3.63) is 73.6 Å². The maximum absolute atomic E-state index is 12.4. The van der Waals surface area contributed by atoms with Gasteiger partial charge in [0, 0.05) is 18.7 Å². The lowest BCUT2D eigenvalue weighted by Gasteiger charge is -2.14. The molecule has 156 valence electrons. The van der Waals surface area contributed by atoms with E-state index >= 15 is 0 Å². The minimum atomic E-state index is -0.461. The molecule has 0 atom stereocenters. The van der Waals surface area contributed by atoms with Crippen molar-refractivity contribution < 1.29 is 19.2 Å². The molecule has 0 bridgehead atoms. The molecular formula is C21H19ClN2O5S. The summed E-state index contributed by atoms with van der Waals surface area (Å²) < 4.78 is 5.69. The second-order valence-corrected chi connectivity index (χ2v) is 8.49. The van der Waals surface area contributed by atoms with Gasteiger partial charge in [0.25, 0.3) is 16.8 Å². The molecule has 3 rings (SSSR count). The lowest BCUT2D eigenvalue weighted by atomic mass is 10.2. The van der Waals surface area contributed by atoms with Gasteiger partial charge < -0.3 is 4.74 Å². The monoisotopic (exact) mass is 446 g/mol. The summed E-state index contributed by atoms with van der Waals surface area (Å²) in [5, 5.41) is 10.8. The zero-order valence-electron chi connectivity index (χ0n) is 16.3. The highest BCUT2D eigenvalue weighted by Gasteiger charge is 2.35. The van der Waals surface area contributed by atoms with Crippen LogP contribution in [0.15, 0.2) is 47.4 Å². The fourth-order valence-electron chi connectivity index (χ4n) is 2.77. The highest BCUT2D eigenvalue weighted by Crippen LogP contribution is 2.34. The predicted molar refractivity (Wildman–Crippen MR) is 116 cm³/mol. The Labute approximate surface area is 182 Å². The van der Waals surface area contributed by atoms with E-state index in [9.17, 15) is 19.7 Å². The van der Waals surface area contributed by atoms with Gasteiger partial charge in [0.15, 0.2) is 0 Å². The van der Waals surface area contributed by atoms with Crippen molar-refractivity contribution in [3.8, 4) is 5.75 Å². The van der Waals surface area contributed by atoms with Crippen LogP contribution in [0.25, 0.3) is 6.08 Å².